The minimum Gasteiger partial charge on any atom is -0.494 e. The molecule has 1 N–H and O–H groups in total. The van der Waals surface area contributed by atoms with Gasteiger partial charge in [0, 0.05) is 10.6 Å². The first-order valence-corrected chi connectivity index (χ1v) is 7.36. The third kappa shape index (κ3) is 4.20. The van der Waals surface area contributed by atoms with Gasteiger partial charge in [-0.2, -0.15) is 0 Å². The van der Waals surface area contributed by atoms with Crippen LogP contribution in [0.2, 0.25) is 5.02 Å². The fraction of sp³-hybridized carbons (Fsp3) is 0.235. The van der Waals surface area contributed by atoms with E-state index in [0.717, 1.165) is 0 Å². The molecule has 0 aliphatic rings. The summed E-state index contributed by atoms with van der Waals surface area (Å²) in [7, 11) is 1.38. The van der Waals surface area contributed by atoms with Crippen LogP contribution in [0.15, 0.2) is 36.4 Å². The third-order valence-corrected chi connectivity index (χ3v) is 3.81. The Bertz CT molecular complexity index is 701. The second-order valence-electron chi connectivity index (χ2n) is 5.06. The molecule has 0 radical (unpaired) electrons. The van der Waals surface area contributed by atoms with E-state index in [4.69, 9.17) is 16.3 Å². The molecular weight excluding hydrogens is 324 g/mol. The van der Waals surface area contributed by atoms with Gasteiger partial charge in [-0.05, 0) is 36.8 Å². The van der Waals surface area contributed by atoms with Crippen LogP contribution in [0.25, 0.3) is 0 Å². The molecule has 6 heteroatoms. The lowest BCUT2D eigenvalue weighted by atomic mass is 10.1. The van der Waals surface area contributed by atoms with Gasteiger partial charge in [0.25, 0.3) is 0 Å². The highest BCUT2D eigenvalue weighted by molar-refractivity contribution is 6.31. The second kappa shape index (κ2) is 7.42. The van der Waals surface area contributed by atoms with Crippen LogP contribution in [-0.4, -0.2) is 13.0 Å². The Hall–Kier alpha value is -2.14. The smallest absolute Gasteiger partial charge is 0.225 e. The van der Waals surface area contributed by atoms with Crippen molar-refractivity contribution in [2.24, 2.45) is 0 Å². The molecule has 0 fully saturated rings. The van der Waals surface area contributed by atoms with E-state index >= 15 is 0 Å². The zero-order valence-electron chi connectivity index (χ0n) is 12.7. The van der Waals surface area contributed by atoms with E-state index in [0.29, 0.717) is 5.56 Å². The summed E-state index contributed by atoms with van der Waals surface area (Å²) in [6.45, 7) is 1.71. The molecule has 2 aromatic carbocycles. The van der Waals surface area contributed by atoms with Gasteiger partial charge < -0.3 is 10.1 Å². The number of methoxy groups -OCH3 is 1. The molecule has 0 saturated heterocycles. The van der Waals surface area contributed by atoms with Gasteiger partial charge in [-0.15, -0.1) is 0 Å². The van der Waals surface area contributed by atoms with Crippen molar-refractivity contribution in [1.82, 2.24) is 5.32 Å². The maximum absolute atomic E-state index is 13.7. The fourth-order valence-electron chi connectivity index (χ4n) is 2.19. The van der Waals surface area contributed by atoms with Crippen molar-refractivity contribution >= 4 is 17.5 Å². The average Bonchev–Trinajstić information content (AvgIpc) is 2.51. The van der Waals surface area contributed by atoms with Crippen LogP contribution in [0, 0.1) is 11.6 Å². The zero-order valence-corrected chi connectivity index (χ0v) is 13.5. The van der Waals surface area contributed by atoms with E-state index in [9.17, 15) is 13.6 Å². The Morgan fingerprint density at radius 1 is 1.26 bits per heavy atom. The summed E-state index contributed by atoms with van der Waals surface area (Å²) in [6.07, 6.45) is -0.186. The Balaban J connectivity index is 2.06. The van der Waals surface area contributed by atoms with Crippen LogP contribution in [0.5, 0.6) is 5.75 Å². The molecule has 3 nitrogen and oxygen atoms in total. The maximum Gasteiger partial charge on any atom is 0.225 e. The molecule has 23 heavy (non-hydrogen) atoms. The minimum absolute atomic E-state index is 0.130. The molecular formula is C17H16ClF2NO2. The summed E-state index contributed by atoms with van der Waals surface area (Å²) >= 11 is 5.90. The summed E-state index contributed by atoms with van der Waals surface area (Å²) in [4.78, 5) is 12.1. The van der Waals surface area contributed by atoms with E-state index < -0.39 is 23.6 Å². The summed E-state index contributed by atoms with van der Waals surface area (Å²) < 4.78 is 32.2. The zero-order chi connectivity index (χ0) is 17.0. The predicted molar refractivity (Wildman–Crippen MR) is 84.6 cm³/mol. The SMILES string of the molecule is COc1ccc(C(C)NC(=O)Cc2c(F)cccc2Cl)cc1F. The monoisotopic (exact) mass is 339 g/mol. The van der Waals surface area contributed by atoms with E-state index in [1.165, 1.54) is 37.4 Å². The quantitative estimate of drug-likeness (QED) is 0.892. The lowest BCUT2D eigenvalue weighted by Gasteiger charge is -2.16. The normalized spacial score (nSPS) is 11.9. The molecule has 2 rings (SSSR count). The van der Waals surface area contributed by atoms with Crippen molar-refractivity contribution in [2.75, 3.05) is 7.11 Å². The summed E-state index contributed by atoms with van der Waals surface area (Å²) in [5, 5.41) is 2.89. The lowest BCUT2D eigenvalue weighted by molar-refractivity contribution is -0.121. The van der Waals surface area contributed by atoms with Crippen molar-refractivity contribution in [3.8, 4) is 5.75 Å². The van der Waals surface area contributed by atoms with Gasteiger partial charge in [-0.1, -0.05) is 23.7 Å². The standard InChI is InChI=1S/C17H16ClF2NO2/c1-10(11-6-7-16(23-2)15(20)8-11)21-17(22)9-12-13(18)4-3-5-14(12)19/h3-8,10H,9H2,1-2H3,(H,21,22). The maximum atomic E-state index is 13.7. The first kappa shape index (κ1) is 17.2. The first-order valence-electron chi connectivity index (χ1n) is 6.98. The number of ether oxygens (including phenoxy) is 1. The summed E-state index contributed by atoms with van der Waals surface area (Å²) in [5.41, 5.74) is 0.719. The summed E-state index contributed by atoms with van der Waals surface area (Å²) in [6, 6.07) is 8.24. The molecule has 2 aromatic rings. The van der Waals surface area contributed by atoms with Crippen LogP contribution in [0.4, 0.5) is 8.78 Å². The molecule has 0 saturated carbocycles. The van der Waals surface area contributed by atoms with Crippen LogP contribution >= 0.6 is 11.6 Å². The number of hydrogen-bond acceptors (Lipinski definition) is 2. The Morgan fingerprint density at radius 3 is 2.61 bits per heavy atom. The predicted octanol–water partition coefficient (Wildman–Crippen LogP) is 4.05. The van der Waals surface area contributed by atoms with Crippen molar-refractivity contribution in [3.63, 3.8) is 0 Å². The Morgan fingerprint density at radius 2 is 2.00 bits per heavy atom. The third-order valence-electron chi connectivity index (χ3n) is 3.45. The van der Waals surface area contributed by atoms with Crippen molar-refractivity contribution in [3.05, 3.63) is 64.2 Å². The van der Waals surface area contributed by atoms with Gasteiger partial charge in [0.2, 0.25) is 5.91 Å². The number of hydrogen-bond donors (Lipinski definition) is 1. The van der Waals surface area contributed by atoms with Crippen LogP contribution in [0.3, 0.4) is 0 Å². The summed E-state index contributed by atoms with van der Waals surface area (Å²) in [5.74, 6) is -1.31. The molecule has 0 aliphatic carbocycles. The number of benzene rings is 2. The van der Waals surface area contributed by atoms with E-state index in [-0.39, 0.29) is 22.8 Å². The molecule has 0 bridgehead atoms. The Labute approximate surface area is 138 Å². The lowest BCUT2D eigenvalue weighted by Crippen LogP contribution is -2.28. The fourth-order valence-corrected chi connectivity index (χ4v) is 2.42. The average molecular weight is 340 g/mol. The number of carbonyl (C=O) groups is 1. The molecule has 0 aliphatic heterocycles. The number of rotatable bonds is 5. The van der Waals surface area contributed by atoms with Crippen molar-refractivity contribution in [2.45, 2.75) is 19.4 Å². The number of halogens is 3. The van der Waals surface area contributed by atoms with Gasteiger partial charge in [-0.25, -0.2) is 8.78 Å². The molecule has 1 unspecified atom stereocenters. The highest BCUT2D eigenvalue weighted by Crippen LogP contribution is 2.23. The molecule has 122 valence electrons. The van der Waals surface area contributed by atoms with Crippen molar-refractivity contribution < 1.29 is 18.3 Å². The molecule has 1 atom stereocenters. The minimum atomic E-state index is -0.532. The topological polar surface area (TPSA) is 38.3 Å². The van der Waals surface area contributed by atoms with Crippen molar-refractivity contribution in [1.29, 1.82) is 0 Å². The van der Waals surface area contributed by atoms with E-state index in [1.54, 1.807) is 13.0 Å². The first-order chi connectivity index (χ1) is 10.9. The van der Waals surface area contributed by atoms with Crippen LogP contribution < -0.4 is 10.1 Å². The number of carbonyl (C=O) groups excluding carboxylic acids is 1. The highest BCUT2D eigenvalue weighted by atomic mass is 35.5. The van der Waals surface area contributed by atoms with Crippen LogP contribution in [0.1, 0.15) is 24.1 Å². The van der Waals surface area contributed by atoms with Gasteiger partial charge in [-0.3, -0.25) is 4.79 Å². The van der Waals surface area contributed by atoms with Gasteiger partial charge >= 0.3 is 0 Å². The molecule has 0 heterocycles. The van der Waals surface area contributed by atoms with Gasteiger partial charge in [0.1, 0.15) is 5.82 Å². The Kier molecular flexibility index (Phi) is 5.55. The highest BCUT2D eigenvalue weighted by Gasteiger charge is 2.15. The second-order valence-corrected chi connectivity index (χ2v) is 5.47. The van der Waals surface area contributed by atoms with Gasteiger partial charge in [0.05, 0.1) is 19.6 Å². The molecule has 0 aromatic heterocycles. The molecule has 0 spiro atoms. The van der Waals surface area contributed by atoms with Gasteiger partial charge in [0.15, 0.2) is 11.6 Å². The number of nitrogens with one attached hydrogen (secondary N) is 1. The molecule has 1 amide bonds. The largest absolute Gasteiger partial charge is 0.494 e. The van der Waals surface area contributed by atoms with E-state index in [1.807, 2.05) is 0 Å². The van der Waals surface area contributed by atoms with Crippen LogP contribution in [-0.2, 0) is 11.2 Å². The van der Waals surface area contributed by atoms with E-state index in [2.05, 4.69) is 5.32 Å². The number of amides is 1.